The van der Waals surface area contributed by atoms with E-state index >= 15 is 0 Å². The van der Waals surface area contributed by atoms with Crippen LogP contribution in [0.2, 0.25) is 0 Å². The normalized spacial score (nSPS) is 11.7. The maximum absolute atomic E-state index is 11.1. The number of hydrogen-bond acceptors (Lipinski definition) is 4. The van der Waals surface area contributed by atoms with Gasteiger partial charge < -0.3 is 5.11 Å². The standard InChI is InChI=1S/C12H13NO2S2/c1-7-4-5-8(17-7)10-13-9(6-16-10)12(2,3)11(14)15/h4-6H,1-3H3,(H,14,15). The van der Waals surface area contributed by atoms with Crippen LogP contribution in [0.4, 0.5) is 0 Å². The summed E-state index contributed by atoms with van der Waals surface area (Å²) in [5, 5.41) is 11.9. The molecule has 0 aromatic carbocycles. The van der Waals surface area contributed by atoms with E-state index in [9.17, 15) is 4.79 Å². The third-order valence-electron chi connectivity index (χ3n) is 2.63. The van der Waals surface area contributed by atoms with Gasteiger partial charge in [0.15, 0.2) is 0 Å². The highest BCUT2D eigenvalue weighted by Crippen LogP contribution is 2.33. The van der Waals surface area contributed by atoms with E-state index < -0.39 is 11.4 Å². The fourth-order valence-corrected chi connectivity index (χ4v) is 3.26. The van der Waals surface area contributed by atoms with E-state index in [1.165, 1.54) is 16.2 Å². The van der Waals surface area contributed by atoms with Gasteiger partial charge in [-0.15, -0.1) is 22.7 Å². The predicted molar refractivity (Wildman–Crippen MR) is 70.8 cm³/mol. The number of hydrogen-bond donors (Lipinski definition) is 1. The summed E-state index contributed by atoms with van der Waals surface area (Å²) < 4.78 is 0. The van der Waals surface area contributed by atoms with Crippen LogP contribution < -0.4 is 0 Å². The van der Waals surface area contributed by atoms with Crippen LogP contribution in [0.5, 0.6) is 0 Å². The molecule has 0 radical (unpaired) electrons. The van der Waals surface area contributed by atoms with Crippen LogP contribution in [-0.2, 0) is 10.2 Å². The minimum atomic E-state index is -0.930. The van der Waals surface area contributed by atoms with Gasteiger partial charge in [-0.3, -0.25) is 4.79 Å². The summed E-state index contributed by atoms with van der Waals surface area (Å²) in [6.45, 7) is 5.39. The first-order valence-corrected chi connectivity index (χ1v) is 6.87. The Morgan fingerprint density at radius 1 is 1.41 bits per heavy atom. The Labute approximate surface area is 108 Å². The van der Waals surface area contributed by atoms with Crippen LogP contribution in [0.15, 0.2) is 17.5 Å². The van der Waals surface area contributed by atoms with Gasteiger partial charge in [0.05, 0.1) is 10.6 Å². The van der Waals surface area contributed by atoms with E-state index in [2.05, 4.69) is 4.98 Å². The Morgan fingerprint density at radius 3 is 2.65 bits per heavy atom. The number of thiazole rings is 1. The third kappa shape index (κ3) is 2.25. The number of nitrogens with zero attached hydrogens (tertiary/aromatic N) is 1. The molecule has 0 amide bonds. The Hall–Kier alpha value is -1.20. The summed E-state index contributed by atoms with van der Waals surface area (Å²) in [5.41, 5.74) is -0.308. The number of aryl methyl sites for hydroxylation is 1. The monoisotopic (exact) mass is 267 g/mol. The van der Waals surface area contributed by atoms with Crippen molar-refractivity contribution in [3.05, 3.63) is 28.1 Å². The lowest BCUT2D eigenvalue weighted by Gasteiger charge is -2.15. The van der Waals surface area contributed by atoms with E-state index in [-0.39, 0.29) is 0 Å². The molecule has 0 spiro atoms. The average Bonchev–Trinajstić information content (AvgIpc) is 2.85. The van der Waals surface area contributed by atoms with Crippen molar-refractivity contribution in [3.63, 3.8) is 0 Å². The molecule has 0 saturated carbocycles. The molecule has 2 aromatic heterocycles. The number of aromatic nitrogens is 1. The maximum atomic E-state index is 11.1. The predicted octanol–water partition coefficient (Wildman–Crippen LogP) is 3.54. The number of carboxylic acid groups (broad SMARTS) is 1. The van der Waals surface area contributed by atoms with Gasteiger partial charge in [-0.25, -0.2) is 4.98 Å². The van der Waals surface area contributed by atoms with E-state index in [0.717, 1.165) is 9.88 Å². The minimum absolute atomic E-state index is 0.621. The molecule has 17 heavy (non-hydrogen) atoms. The molecule has 2 rings (SSSR count). The zero-order valence-corrected chi connectivity index (χ0v) is 11.5. The number of rotatable bonds is 3. The van der Waals surface area contributed by atoms with E-state index in [1.54, 1.807) is 25.2 Å². The van der Waals surface area contributed by atoms with Crippen LogP contribution in [-0.4, -0.2) is 16.1 Å². The molecule has 0 aliphatic carbocycles. The van der Waals surface area contributed by atoms with Gasteiger partial charge in [0.2, 0.25) is 0 Å². The van der Waals surface area contributed by atoms with Crippen molar-refractivity contribution in [3.8, 4) is 9.88 Å². The van der Waals surface area contributed by atoms with E-state index in [1.807, 2.05) is 24.4 Å². The summed E-state index contributed by atoms with van der Waals surface area (Å²) >= 11 is 3.17. The molecule has 0 fully saturated rings. The van der Waals surface area contributed by atoms with Gasteiger partial charge in [0, 0.05) is 10.3 Å². The maximum Gasteiger partial charge on any atom is 0.315 e. The molecule has 90 valence electrons. The number of carboxylic acids is 1. The van der Waals surface area contributed by atoms with Crippen molar-refractivity contribution < 1.29 is 9.90 Å². The van der Waals surface area contributed by atoms with Gasteiger partial charge in [-0.05, 0) is 32.9 Å². The molecule has 2 aromatic rings. The fraction of sp³-hybridized carbons (Fsp3) is 0.333. The molecular formula is C12H13NO2S2. The third-order valence-corrected chi connectivity index (χ3v) is 4.64. The molecule has 5 heteroatoms. The Balaban J connectivity index is 2.37. The van der Waals surface area contributed by atoms with Gasteiger partial charge in [-0.2, -0.15) is 0 Å². The Bertz CT molecular complexity index is 554. The van der Waals surface area contributed by atoms with Crippen LogP contribution in [0, 0.1) is 6.92 Å². The highest BCUT2D eigenvalue weighted by molar-refractivity contribution is 7.21. The Morgan fingerprint density at radius 2 is 2.12 bits per heavy atom. The SMILES string of the molecule is Cc1ccc(-c2nc(C(C)(C)C(=O)O)cs2)s1. The first kappa shape index (κ1) is 12.3. The van der Waals surface area contributed by atoms with Gasteiger partial charge in [0.25, 0.3) is 0 Å². The second kappa shape index (κ2) is 4.23. The quantitative estimate of drug-likeness (QED) is 0.925. The van der Waals surface area contributed by atoms with Crippen LogP contribution in [0.25, 0.3) is 9.88 Å². The average molecular weight is 267 g/mol. The summed E-state index contributed by atoms with van der Waals surface area (Å²) in [6.07, 6.45) is 0. The van der Waals surface area contributed by atoms with E-state index in [0.29, 0.717) is 5.69 Å². The topological polar surface area (TPSA) is 50.2 Å². The largest absolute Gasteiger partial charge is 0.481 e. The van der Waals surface area contributed by atoms with Crippen molar-refractivity contribution in [2.24, 2.45) is 0 Å². The first-order chi connectivity index (χ1) is 7.91. The molecule has 2 heterocycles. The summed E-state index contributed by atoms with van der Waals surface area (Å²) in [6, 6.07) is 4.07. The lowest BCUT2D eigenvalue weighted by molar-refractivity contribution is -0.142. The molecule has 3 nitrogen and oxygen atoms in total. The van der Waals surface area contributed by atoms with Crippen LogP contribution >= 0.6 is 22.7 Å². The van der Waals surface area contributed by atoms with Crippen molar-refractivity contribution in [1.82, 2.24) is 4.98 Å². The van der Waals surface area contributed by atoms with Crippen molar-refractivity contribution in [2.75, 3.05) is 0 Å². The number of thiophene rings is 1. The molecule has 0 bridgehead atoms. The van der Waals surface area contributed by atoms with E-state index in [4.69, 9.17) is 5.11 Å². The van der Waals surface area contributed by atoms with Crippen molar-refractivity contribution in [1.29, 1.82) is 0 Å². The lowest BCUT2D eigenvalue weighted by atomic mass is 9.90. The molecule has 0 saturated heterocycles. The summed E-state index contributed by atoms with van der Waals surface area (Å²) in [4.78, 5) is 17.9. The summed E-state index contributed by atoms with van der Waals surface area (Å²) in [5.74, 6) is -0.850. The summed E-state index contributed by atoms with van der Waals surface area (Å²) in [7, 11) is 0. The first-order valence-electron chi connectivity index (χ1n) is 5.17. The molecule has 0 unspecified atom stereocenters. The zero-order chi connectivity index (χ0) is 12.6. The minimum Gasteiger partial charge on any atom is -0.481 e. The van der Waals surface area contributed by atoms with Gasteiger partial charge in [0.1, 0.15) is 10.4 Å². The van der Waals surface area contributed by atoms with Crippen LogP contribution in [0.3, 0.4) is 0 Å². The number of aliphatic carboxylic acids is 1. The molecular weight excluding hydrogens is 254 g/mol. The smallest absolute Gasteiger partial charge is 0.315 e. The molecule has 0 atom stereocenters. The highest BCUT2D eigenvalue weighted by Gasteiger charge is 2.32. The Kier molecular flexibility index (Phi) is 3.05. The van der Waals surface area contributed by atoms with Crippen molar-refractivity contribution >= 4 is 28.6 Å². The lowest BCUT2D eigenvalue weighted by Crippen LogP contribution is -2.28. The van der Waals surface area contributed by atoms with Crippen LogP contribution in [0.1, 0.15) is 24.4 Å². The second-order valence-electron chi connectivity index (χ2n) is 4.38. The molecule has 0 aliphatic heterocycles. The van der Waals surface area contributed by atoms with Gasteiger partial charge >= 0.3 is 5.97 Å². The zero-order valence-electron chi connectivity index (χ0n) is 9.85. The second-order valence-corrected chi connectivity index (χ2v) is 6.52. The molecule has 0 aliphatic rings. The van der Waals surface area contributed by atoms with Gasteiger partial charge in [-0.1, -0.05) is 0 Å². The van der Waals surface area contributed by atoms with Crippen molar-refractivity contribution in [2.45, 2.75) is 26.2 Å². The highest BCUT2D eigenvalue weighted by atomic mass is 32.1. The number of carbonyl (C=O) groups is 1. The molecule has 1 N–H and O–H groups in total. The fourth-order valence-electron chi connectivity index (χ4n) is 1.33.